The van der Waals surface area contributed by atoms with Crippen molar-refractivity contribution < 1.29 is 23.9 Å². The smallest absolute Gasteiger partial charge is 0.338 e. The van der Waals surface area contributed by atoms with Gasteiger partial charge in [0.2, 0.25) is 5.91 Å². The summed E-state index contributed by atoms with van der Waals surface area (Å²) in [5, 5.41) is 5.26. The van der Waals surface area contributed by atoms with Crippen molar-refractivity contribution in [3.63, 3.8) is 0 Å². The third kappa shape index (κ3) is 5.93. The molecule has 0 spiro atoms. The zero-order valence-corrected chi connectivity index (χ0v) is 16.3. The predicted octanol–water partition coefficient (Wildman–Crippen LogP) is 4.23. The molecule has 152 valence electrons. The second kappa shape index (κ2) is 9.88. The number of anilines is 2. The van der Waals surface area contributed by atoms with Crippen LogP contribution >= 0.6 is 0 Å². The molecule has 0 heterocycles. The van der Waals surface area contributed by atoms with Crippen LogP contribution in [0.5, 0.6) is 11.5 Å². The molecule has 0 radical (unpaired) electrons. The standard InChI is InChI=1S/C23H20N2O5/c1-16(26)24-18-9-7-8-17(14-18)23(28)29-15-22(27)25-20-12-5-6-13-21(20)30-19-10-3-2-4-11-19/h2-14H,15H2,1H3,(H,24,26)(H,25,27). The summed E-state index contributed by atoms with van der Waals surface area (Å²) in [5.41, 5.74) is 1.14. The molecule has 0 aliphatic rings. The normalized spacial score (nSPS) is 10.0. The van der Waals surface area contributed by atoms with Crippen LogP contribution in [0.25, 0.3) is 0 Å². The van der Waals surface area contributed by atoms with E-state index in [1.54, 1.807) is 48.5 Å². The minimum atomic E-state index is -0.675. The number of rotatable bonds is 7. The summed E-state index contributed by atoms with van der Waals surface area (Å²) >= 11 is 0. The maximum Gasteiger partial charge on any atom is 0.338 e. The molecule has 0 aliphatic carbocycles. The number of benzene rings is 3. The second-order valence-electron chi connectivity index (χ2n) is 6.30. The van der Waals surface area contributed by atoms with Gasteiger partial charge in [-0.15, -0.1) is 0 Å². The number of para-hydroxylation sites is 3. The third-order valence-corrected chi connectivity index (χ3v) is 3.89. The summed E-state index contributed by atoms with van der Waals surface area (Å²) in [6, 6.07) is 22.4. The number of ether oxygens (including phenoxy) is 2. The fraction of sp³-hybridized carbons (Fsp3) is 0.0870. The monoisotopic (exact) mass is 404 g/mol. The second-order valence-corrected chi connectivity index (χ2v) is 6.30. The molecule has 0 bridgehead atoms. The van der Waals surface area contributed by atoms with Crippen LogP contribution in [0.2, 0.25) is 0 Å². The molecule has 2 N–H and O–H groups in total. The van der Waals surface area contributed by atoms with E-state index in [4.69, 9.17) is 9.47 Å². The van der Waals surface area contributed by atoms with Crippen molar-refractivity contribution in [2.45, 2.75) is 6.92 Å². The van der Waals surface area contributed by atoms with Gasteiger partial charge in [0, 0.05) is 12.6 Å². The quantitative estimate of drug-likeness (QED) is 0.575. The molecule has 0 fully saturated rings. The number of esters is 1. The lowest BCUT2D eigenvalue weighted by Gasteiger charge is -2.12. The van der Waals surface area contributed by atoms with Gasteiger partial charge >= 0.3 is 5.97 Å². The first-order valence-electron chi connectivity index (χ1n) is 9.18. The Bertz CT molecular complexity index is 1050. The lowest BCUT2D eigenvalue weighted by atomic mass is 10.2. The van der Waals surface area contributed by atoms with Crippen molar-refractivity contribution in [2.75, 3.05) is 17.2 Å². The van der Waals surface area contributed by atoms with Gasteiger partial charge in [0.15, 0.2) is 12.4 Å². The zero-order valence-electron chi connectivity index (χ0n) is 16.3. The highest BCUT2D eigenvalue weighted by Crippen LogP contribution is 2.29. The minimum absolute atomic E-state index is 0.224. The van der Waals surface area contributed by atoms with Crippen molar-refractivity contribution in [3.8, 4) is 11.5 Å². The number of hydrogen-bond donors (Lipinski definition) is 2. The Morgan fingerprint density at radius 3 is 2.33 bits per heavy atom. The van der Waals surface area contributed by atoms with Crippen LogP contribution in [0.4, 0.5) is 11.4 Å². The zero-order chi connectivity index (χ0) is 21.3. The molecular formula is C23H20N2O5. The summed E-state index contributed by atoms with van der Waals surface area (Å²) < 4.78 is 10.9. The highest BCUT2D eigenvalue weighted by molar-refractivity contribution is 5.97. The summed E-state index contributed by atoms with van der Waals surface area (Å²) in [5.74, 6) is -0.344. The first-order chi connectivity index (χ1) is 14.5. The topological polar surface area (TPSA) is 93.7 Å². The third-order valence-electron chi connectivity index (χ3n) is 3.89. The highest BCUT2D eigenvalue weighted by atomic mass is 16.5. The number of carbonyl (C=O) groups excluding carboxylic acids is 3. The van der Waals surface area contributed by atoms with Gasteiger partial charge in [-0.2, -0.15) is 0 Å². The fourth-order valence-corrected chi connectivity index (χ4v) is 2.60. The molecule has 3 aromatic rings. The number of hydrogen-bond acceptors (Lipinski definition) is 5. The van der Waals surface area contributed by atoms with Gasteiger partial charge in [0.25, 0.3) is 5.91 Å². The lowest BCUT2D eigenvalue weighted by molar-refractivity contribution is -0.119. The lowest BCUT2D eigenvalue weighted by Crippen LogP contribution is -2.21. The van der Waals surface area contributed by atoms with Crippen molar-refractivity contribution in [3.05, 3.63) is 84.4 Å². The predicted molar refractivity (Wildman–Crippen MR) is 113 cm³/mol. The van der Waals surface area contributed by atoms with E-state index in [2.05, 4.69) is 10.6 Å². The van der Waals surface area contributed by atoms with Crippen molar-refractivity contribution in [1.29, 1.82) is 0 Å². The van der Waals surface area contributed by atoms with Crippen molar-refractivity contribution >= 4 is 29.2 Å². The Balaban J connectivity index is 1.59. The molecule has 0 saturated carbocycles. The van der Waals surface area contributed by atoms with Crippen LogP contribution < -0.4 is 15.4 Å². The summed E-state index contributed by atoms with van der Waals surface area (Å²) in [7, 11) is 0. The van der Waals surface area contributed by atoms with E-state index in [0.717, 1.165) is 0 Å². The summed E-state index contributed by atoms with van der Waals surface area (Å²) in [6.45, 7) is 0.900. The largest absolute Gasteiger partial charge is 0.455 e. The van der Waals surface area contributed by atoms with Gasteiger partial charge in [-0.3, -0.25) is 9.59 Å². The van der Waals surface area contributed by atoms with E-state index in [9.17, 15) is 14.4 Å². The molecule has 7 nitrogen and oxygen atoms in total. The van der Waals surface area contributed by atoms with Crippen LogP contribution in [-0.4, -0.2) is 24.4 Å². The van der Waals surface area contributed by atoms with Crippen LogP contribution in [-0.2, 0) is 14.3 Å². The van der Waals surface area contributed by atoms with E-state index in [0.29, 0.717) is 22.9 Å². The fourth-order valence-electron chi connectivity index (χ4n) is 2.60. The van der Waals surface area contributed by atoms with E-state index in [-0.39, 0.29) is 11.5 Å². The average Bonchev–Trinajstić information content (AvgIpc) is 2.74. The van der Waals surface area contributed by atoms with Gasteiger partial charge in [-0.1, -0.05) is 36.4 Å². The van der Waals surface area contributed by atoms with Crippen LogP contribution in [0, 0.1) is 0 Å². The first-order valence-corrected chi connectivity index (χ1v) is 9.18. The Morgan fingerprint density at radius 2 is 1.57 bits per heavy atom. The molecule has 3 rings (SSSR count). The van der Waals surface area contributed by atoms with Gasteiger partial charge < -0.3 is 20.1 Å². The Labute approximate surface area is 173 Å². The number of nitrogens with one attached hydrogen (secondary N) is 2. The maximum absolute atomic E-state index is 12.3. The molecule has 0 unspecified atom stereocenters. The van der Waals surface area contributed by atoms with E-state index < -0.39 is 18.5 Å². The van der Waals surface area contributed by atoms with Crippen LogP contribution in [0.1, 0.15) is 17.3 Å². The van der Waals surface area contributed by atoms with E-state index in [1.165, 1.54) is 19.1 Å². The van der Waals surface area contributed by atoms with Crippen LogP contribution in [0.3, 0.4) is 0 Å². The van der Waals surface area contributed by atoms with E-state index >= 15 is 0 Å². The minimum Gasteiger partial charge on any atom is -0.455 e. The molecule has 0 saturated heterocycles. The summed E-state index contributed by atoms with van der Waals surface area (Å²) in [6.07, 6.45) is 0. The van der Waals surface area contributed by atoms with Gasteiger partial charge in [-0.05, 0) is 42.5 Å². The summed E-state index contributed by atoms with van der Waals surface area (Å²) in [4.78, 5) is 35.6. The molecule has 0 atom stereocenters. The van der Waals surface area contributed by atoms with Crippen molar-refractivity contribution in [1.82, 2.24) is 0 Å². The molecule has 0 aromatic heterocycles. The Kier molecular flexibility index (Phi) is 6.78. The maximum atomic E-state index is 12.3. The Morgan fingerprint density at radius 1 is 0.833 bits per heavy atom. The molecule has 3 aromatic carbocycles. The Hall–Kier alpha value is -4.13. The van der Waals surface area contributed by atoms with E-state index in [1.807, 2.05) is 18.2 Å². The van der Waals surface area contributed by atoms with Crippen LogP contribution in [0.15, 0.2) is 78.9 Å². The van der Waals surface area contributed by atoms with Gasteiger partial charge in [-0.25, -0.2) is 4.79 Å². The molecular weight excluding hydrogens is 384 g/mol. The SMILES string of the molecule is CC(=O)Nc1cccc(C(=O)OCC(=O)Nc2ccccc2Oc2ccccc2)c1. The first kappa shape index (κ1) is 20.6. The number of amides is 2. The van der Waals surface area contributed by atoms with Crippen molar-refractivity contribution in [2.24, 2.45) is 0 Å². The number of carbonyl (C=O) groups is 3. The molecule has 7 heteroatoms. The highest BCUT2D eigenvalue weighted by Gasteiger charge is 2.13. The molecule has 30 heavy (non-hydrogen) atoms. The molecule has 2 amide bonds. The van der Waals surface area contributed by atoms with Gasteiger partial charge in [0.05, 0.1) is 11.3 Å². The molecule has 0 aliphatic heterocycles. The average molecular weight is 404 g/mol. The van der Waals surface area contributed by atoms with Gasteiger partial charge in [0.1, 0.15) is 5.75 Å².